The number of hydrogen-bond donors (Lipinski definition) is 3. The summed E-state index contributed by atoms with van der Waals surface area (Å²) in [4.78, 5) is 0. The summed E-state index contributed by atoms with van der Waals surface area (Å²) < 4.78 is 0. The zero-order chi connectivity index (χ0) is 19.8. The molecule has 2 rings (SSSR count). The number of rotatable bonds is 8. The average molecular weight is 367 g/mol. The molecule has 2 aromatic rings. The average Bonchev–Trinajstić information content (AvgIpc) is 2.60. The van der Waals surface area contributed by atoms with E-state index in [1.54, 1.807) is 24.3 Å². The molecule has 3 heteroatoms. The predicted molar refractivity (Wildman–Crippen MR) is 111 cm³/mol. The smallest absolute Gasteiger partial charge is 0.123 e. The molecule has 0 aliphatic rings. The monoisotopic (exact) mass is 366 g/mol. The third-order valence-electron chi connectivity index (χ3n) is 4.65. The van der Waals surface area contributed by atoms with Crippen LogP contribution in [0.25, 0.3) is 0 Å². The molecule has 0 spiro atoms. The Morgan fingerprint density at radius 1 is 0.815 bits per heavy atom. The molecule has 0 fully saturated rings. The molecule has 27 heavy (non-hydrogen) atoms. The molecule has 0 unspecified atom stereocenters. The Hall–Kier alpha value is -2.68. The fraction of sp³-hybridized carbons (Fsp3) is 0.333. The molecule has 0 heterocycles. The minimum Gasteiger partial charge on any atom is -0.508 e. The molecular weight excluding hydrogens is 336 g/mol. The van der Waals surface area contributed by atoms with Gasteiger partial charge < -0.3 is 15.3 Å². The van der Waals surface area contributed by atoms with E-state index >= 15 is 0 Å². The summed E-state index contributed by atoms with van der Waals surface area (Å²) in [6.45, 7) is 6.27. The highest BCUT2D eigenvalue weighted by Gasteiger charge is 2.09. The molecule has 0 saturated heterocycles. The summed E-state index contributed by atoms with van der Waals surface area (Å²) in [7, 11) is 0. The van der Waals surface area contributed by atoms with Crippen LogP contribution in [0.3, 0.4) is 0 Å². The lowest BCUT2D eigenvalue weighted by atomic mass is 9.99. The van der Waals surface area contributed by atoms with Crippen molar-refractivity contribution in [2.45, 2.75) is 52.9 Å². The van der Waals surface area contributed by atoms with Crippen molar-refractivity contribution in [2.75, 3.05) is 0 Å². The maximum absolute atomic E-state index is 10.3. The molecular formula is C24H30O3. The van der Waals surface area contributed by atoms with Crippen LogP contribution in [-0.2, 0) is 19.3 Å². The molecule has 0 saturated carbocycles. The number of phenolic OH excluding ortho intramolecular Hbond substituents is 3. The van der Waals surface area contributed by atoms with Gasteiger partial charge >= 0.3 is 0 Å². The van der Waals surface area contributed by atoms with E-state index in [0.29, 0.717) is 18.4 Å². The standard InChI is InChI=1S/C24H30O3/c1-17(2)5-4-6-18(3)7-14-22-23(26)15-20(16-24(22)27)9-8-19-10-12-21(25)13-11-19/h5,7,10-13,15-16,25-27H,4,6,8-9,14H2,1-3H3/b18-7+. The molecule has 0 aliphatic carbocycles. The number of aromatic hydroxyl groups is 3. The first-order valence-corrected chi connectivity index (χ1v) is 9.45. The maximum atomic E-state index is 10.3. The first kappa shape index (κ1) is 20.6. The highest BCUT2D eigenvalue weighted by atomic mass is 16.3. The number of hydrogen-bond acceptors (Lipinski definition) is 3. The van der Waals surface area contributed by atoms with Crippen molar-refractivity contribution in [3.63, 3.8) is 0 Å². The van der Waals surface area contributed by atoms with Gasteiger partial charge in [-0.2, -0.15) is 0 Å². The summed E-state index contributed by atoms with van der Waals surface area (Å²) in [5.41, 5.74) is 5.14. The highest BCUT2D eigenvalue weighted by Crippen LogP contribution is 2.30. The zero-order valence-electron chi connectivity index (χ0n) is 16.5. The summed E-state index contributed by atoms with van der Waals surface area (Å²) >= 11 is 0. The fourth-order valence-electron chi connectivity index (χ4n) is 2.97. The van der Waals surface area contributed by atoms with Crippen LogP contribution in [-0.4, -0.2) is 15.3 Å². The van der Waals surface area contributed by atoms with Crippen LogP contribution < -0.4 is 0 Å². The van der Waals surface area contributed by atoms with Gasteiger partial charge in [0.05, 0.1) is 0 Å². The molecule has 0 aromatic heterocycles. The van der Waals surface area contributed by atoms with Gasteiger partial charge in [0, 0.05) is 5.56 Å². The molecule has 2 aromatic carbocycles. The normalized spacial score (nSPS) is 11.4. The summed E-state index contributed by atoms with van der Waals surface area (Å²) in [5.74, 6) is 0.538. The molecule has 0 bridgehead atoms. The quantitative estimate of drug-likeness (QED) is 0.516. The van der Waals surface area contributed by atoms with Crippen LogP contribution in [0.15, 0.2) is 59.7 Å². The SMILES string of the molecule is CC(C)=CCC/C(C)=C/Cc1c(O)cc(CCc2ccc(O)cc2)cc1O. The van der Waals surface area contributed by atoms with E-state index in [1.165, 1.54) is 11.1 Å². The van der Waals surface area contributed by atoms with Crippen molar-refractivity contribution in [3.05, 3.63) is 76.4 Å². The van der Waals surface area contributed by atoms with E-state index in [4.69, 9.17) is 0 Å². The summed E-state index contributed by atoms with van der Waals surface area (Å²) in [6, 6.07) is 10.6. The Kier molecular flexibility index (Phi) is 7.54. The van der Waals surface area contributed by atoms with Gasteiger partial charge in [-0.15, -0.1) is 0 Å². The van der Waals surface area contributed by atoms with Crippen LogP contribution in [0.4, 0.5) is 0 Å². The lowest BCUT2D eigenvalue weighted by Gasteiger charge is -2.10. The van der Waals surface area contributed by atoms with Gasteiger partial charge in [-0.05, 0) is 88.3 Å². The van der Waals surface area contributed by atoms with Gasteiger partial charge in [0.25, 0.3) is 0 Å². The number of phenols is 3. The third kappa shape index (κ3) is 6.86. The van der Waals surface area contributed by atoms with E-state index in [-0.39, 0.29) is 17.2 Å². The van der Waals surface area contributed by atoms with Crippen molar-refractivity contribution in [1.82, 2.24) is 0 Å². The molecule has 0 radical (unpaired) electrons. The Balaban J connectivity index is 1.99. The van der Waals surface area contributed by atoms with Crippen LogP contribution in [0.2, 0.25) is 0 Å². The van der Waals surface area contributed by atoms with Gasteiger partial charge in [0.1, 0.15) is 17.2 Å². The van der Waals surface area contributed by atoms with Crippen molar-refractivity contribution in [2.24, 2.45) is 0 Å². The lowest BCUT2D eigenvalue weighted by Crippen LogP contribution is -1.94. The Bertz CT molecular complexity index is 787. The second-order valence-corrected chi connectivity index (χ2v) is 7.35. The van der Waals surface area contributed by atoms with Crippen molar-refractivity contribution in [3.8, 4) is 17.2 Å². The molecule has 3 nitrogen and oxygen atoms in total. The molecule has 0 atom stereocenters. The van der Waals surface area contributed by atoms with E-state index in [0.717, 1.165) is 30.4 Å². The first-order valence-electron chi connectivity index (χ1n) is 9.45. The number of aryl methyl sites for hydroxylation is 2. The molecule has 0 amide bonds. The van der Waals surface area contributed by atoms with E-state index in [1.807, 2.05) is 12.1 Å². The Morgan fingerprint density at radius 2 is 1.41 bits per heavy atom. The van der Waals surface area contributed by atoms with Crippen molar-refractivity contribution >= 4 is 0 Å². The van der Waals surface area contributed by atoms with Crippen LogP contribution in [0.1, 0.15) is 50.3 Å². The van der Waals surface area contributed by atoms with Gasteiger partial charge in [0.15, 0.2) is 0 Å². The largest absolute Gasteiger partial charge is 0.508 e. The minimum atomic E-state index is 0.143. The minimum absolute atomic E-state index is 0.143. The van der Waals surface area contributed by atoms with E-state index < -0.39 is 0 Å². The van der Waals surface area contributed by atoms with E-state index in [9.17, 15) is 15.3 Å². The van der Waals surface area contributed by atoms with Gasteiger partial charge in [-0.1, -0.05) is 35.4 Å². The van der Waals surface area contributed by atoms with Crippen LogP contribution in [0.5, 0.6) is 17.2 Å². The molecule has 144 valence electrons. The van der Waals surface area contributed by atoms with Crippen molar-refractivity contribution in [1.29, 1.82) is 0 Å². The summed E-state index contributed by atoms with van der Waals surface area (Å²) in [6.07, 6.45) is 8.30. The van der Waals surface area contributed by atoms with E-state index in [2.05, 4.69) is 32.9 Å². The van der Waals surface area contributed by atoms with Gasteiger partial charge in [-0.3, -0.25) is 0 Å². The predicted octanol–water partition coefficient (Wildman–Crippen LogP) is 5.82. The first-order chi connectivity index (χ1) is 12.8. The second kappa shape index (κ2) is 9.86. The lowest BCUT2D eigenvalue weighted by molar-refractivity contribution is 0.439. The molecule has 0 aliphatic heterocycles. The van der Waals surface area contributed by atoms with Gasteiger partial charge in [-0.25, -0.2) is 0 Å². The Morgan fingerprint density at radius 3 is 2.00 bits per heavy atom. The van der Waals surface area contributed by atoms with Gasteiger partial charge in [0.2, 0.25) is 0 Å². The maximum Gasteiger partial charge on any atom is 0.123 e. The molecule has 3 N–H and O–H groups in total. The van der Waals surface area contributed by atoms with Crippen LogP contribution >= 0.6 is 0 Å². The summed E-state index contributed by atoms with van der Waals surface area (Å²) in [5, 5.41) is 30.0. The van der Waals surface area contributed by atoms with Crippen molar-refractivity contribution < 1.29 is 15.3 Å². The zero-order valence-corrected chi connectivity index (χ0v) is 16.5. The Labute approximate surface area is 162 Å². The third-order valence-corrected chi connectivity index (χ3v) is 4.65. The fourth-order valence-corrected chi connectivity index (χ4v) is 2.97. The number of allylic oxidation sites excluding steroid dienone is 4. The van der Waals surface area contributed by atoms with Crippen LogP contribution in [0, 0.1) is 0 Å². The second-order valence-electron chi connectivity index (χ2n) is 7.35. The topological polar surface area (TPSA) is 60.7 Å². The number of benzene rings is 2. The highest BCUT2D eigenvalue weighted by molar-refractivity contribution is 5.48.